The number of anilines is 1. The van der Waals surface area contributed by atoms with Gasteiger partial charge in [-0.25, -0.2) is 9.59 Å². The zero-order valence-corrected chi connectivity index (χ0v) is 23.9. The second kappa shape index (κ2) is 12.0. The summed E-state index contributed by atoms with van der Waals surface area (Å²) in [4.78, 5) is 23.9. The maximum absolute atomic E-state index is 12.3. The summed E-state index contributed by atoms with van der Waals surface area (Å²) in [6.07, 6.45) is -2.16. The largest absolute Gasteiger partial charge is 0.506 e. The maximum atomic E-state index is 12.3. The van der Waals surface area contributed by atoms with Gasteiger partial charge in [0.2, 0.25) is 0 Å². The third-order valence-electron chi connectivity index (χ3n) is 5.98. The van der Waals surface area contributed by atoms with Crippen molar-refractivity contribution in [1.82, 2.24) is 5.32 Å². The molecule has 10 heteroatoms. The standard InChI is InChI=1S/C25H45N3O6Si/c1-11-18(28-23(31)33-24(3,4)5)21(32-22(26)30)17-12-13-19(20(29)14-17)27-15-16(2)34-35(9,10)25(6,7)8/h12-14,16,18,21,27,29H,11,15H2,1-10H3,(H2,26,30)(H,28,31)/t16-,18?,21?/m0/s1. The highest BCUT2D eigenvalue weighted by Crippen LogP contribution is 2.37. The van der Waals surface area contributed by atoms with Gasteiger partial charge < -0.3 is 35.4 Å². The molecule has 0 bridgehead atoms. The van der Waals surface area contributed by atoms with E-state index in [0.29, 0.717) is 24.2 Å². The van der Waals surface area contributed by atoms with E-state index < -0.39 is 38.3 Å². The Morgan fingerprint density at radius 2 is 1.74 bits per heavy atom. The summed E-state index contributed by atoms with van der Waals surface area (Å²) in [5.74, 6) is -0.0211. The predicted octanol–water partition coefficient (Wildman–Crippen LogP) is 5.65. The monoisotopic (exact) mass is 511 g/mol. The Hall–Kier alpha value is -2.46. The maximum Gasteiger partial charge on any atom is 0.408 e. The molecule has 0 aliphatic rings. The minimum Gasteiger partial charge on any atom is -0.506 e. The lowest BCUT2D eigenvalue weighted by atomic mass is 9.99. The van der Waals surface area contributed by atoms with E-state index >= 15 is 0 Å². The highest BCUT2D eigenvalue weighted by Gasteiger charge is 2.38. The molecule has 0 aliphatic carbocycles. The first-order valence-corrected chi connectivity index (χ1v) is 15.0. The molecule has 1 rings (SSSR count). The number of primary amides is 1. The number of rotatable bonds is 10. The van der Waals surface area contributed by atoms with Gasteiger partial charge in [0.25, 0.3) is 0 Å². The number of ether oxygens (including phenoxy) is 2. The van der Waals surface area contributed by atoms with Crippen molar-refractivity contribution in [1.29, 1.82) is 0 Å². The van der Waals surface area contributed by atoms with Gasteiger partial charge in [-0.15, -0.1) is 0 Å². The van der Waals surface area contributed by atoms with E-state index in [1.54, 1.807) is 32.9 Å². The van der Waals surface area contributed by atoms with E-state index in [4.69, 9.17) is 19.6 Å². The van der Waals surface area contributed by atoms with Gasteiger partial charge in [-0.1, -0.05) is 33.8 Å². The Labute approximate surface area is 211 Å². The van der Waals surface area contributed by atoms with Gasteiger partial charge in [-0.05, 0) is 69.9 Å². The van der Waals surface area contributed by atoms with Crippen LogP contribution in [0.25, 0.3) is 0 Å². The Kier molecular flexibility index (Phi) is 10.5. The Morgan fingerprint density at radius 3 is 2.20 bits per heavy atom. The zero-order chi connectivity index (χ0) is 27.2. The molecule has 0 aromatic heterocycles. The summed E-state index contributed by atoms with van der Waals surface area (Å²) in [6.45, 7) is 20.6. The number of aromatic hydroxyl groups is 1. The van der Waals surface area contributed by atoms with E-state index in [2.05, 4.69) is 44.5 Å². The van der Waals surface area contributed by atoms with E-state index in [9.17, 15) is 14.7 Å². The third kappa shape index (κ3) is 9.97. The second-order valence-electron chi connectivity index (χ2n) is 11.4. The summed E-state index contributed by atoms with van der Waals surface area (Å²) < 4.78 is 17.0. The molecule has 0 saturated heterocycles. The zero-order valence-electron chi connectivity index (χ0n) is 22.9. The van der Waals surface area contributed by atoms with E-state index in [0.717, 1.165) is 0 Å². The van der Waals surface area contributed by atoms with Gasteiger partial charge in [-0.3, -0.25) is 0 Å². The molecule has 0 saturated carbocycles. The van der Waals surface area contributed by atoms with Gasteiger partial charge in [-0.2, -0.15) is 0 Å². The van der Waals surface area contributed by atoms with Crippen molar-refractivity contribution in [2.75, 3.05) is 11.9 Å². The predicted molar refractivity (Wildman–Crippen MR) is 141 cm³/mol. The van der Waals surface area contributed by atoms with Gasteiger partial charge >= 0.3 is 12.2 Å². The Morgan fingerprint density at radius 1 is 1.14 bits per heavy atom. The molecule has 2 unspecified atom stereocenters. The molecule has 0 heterocycles. The van der Waals surface area contributed by atoms with Gasteiger partial charge in [0, 0.05) is 6.54 Å². The first-order chi connectivity index (χ1) is 15.9. The number of amides is 2. The van der Waals surface area contributed by atoms with Crippen LogP contribution >= 0.6 is 0 Å². The highest BCUT2D eigenvalue weighted by atomic mass is 28.4. The van der Waals surface area contributed by atoms with Crippen LogP contribution in [0.4, 0.5) is 15.3 Å². The van der Waals surface area contributed by atoms with E-state index in [1.165, 1.54) is 6.07 Å². The van der Waals surface area contributed by atoms with Gasteiger partial charge in [0.15, 0.2) is 8.32 Å². The molecule has 35 heavy (non-hydrogen) atoms. The van der Waals surface area contributed by atoms with Crippen LogP contribution in [0.2, 0.25) is 18.1 Å². The van der Waals surface area contributed by atoms with Crippen LogP contribution in [-0.2, 0) is 13.9 Å². The molecule has 0 spiro atoms. The van der Waals surface area contributed by atoms with Crippen molar-refractivity contribution in [3.8, 4) is 5.75 Å². The average molecular weight is 512 g/mol. The highest BCUT2D eigenvalue weighted by molar-refractivity contribution is 6.74. The number of carbonyl (C=O) groups is 2. The molecule has 0 fully saturated rings. The topological polar surface area (TPSA) is 132 Å². The number of hydrogen-bond acceptors (Lipinski definition) is 7. The van der Waals surface area contributed by atoms with Crippen LogP contribution in [0.1, 0.15) is 73.5 Å². The lowest BCUT2D eigenvalue weighted by molar-refractivity contribution is 0.0375. The SMILES string of the molecule is CCC(NC(=O)OC(C)(C)C)C(OC(N)=O)c1ccc(NC[C@H](C)O[Si](C)(C)C(C)(C)C)c(O)c1. The summed E-state index contributed by atoms with van der Waals surface area (Å²) in [5.41, 5.74) is 5.62. The summed E-state index contributed by atoms with van der Waals surface area (Å²) in [5, 5.41) is 16.7. The first-order valence-electron chi connectivity index (χ1n) is 12.1. The van der Waals surface area contributed by atoms with Crippen molar-refractivity contribution in [2.45, 2.75) is 104 Å². The van der Waals surface area contributed by atoms with E-state index in [-0.39, 0.29) is 16.9 Å². The van der Waals surface area contributed by atoms with Crippen LogP contribution in [-0.4, -0.2) is 49.9 Å². The quantitative estimate of drug-likeness (QED) is 0.235. The minimum absolute atomic E-state index is 0.0211. The van der Waals surface area contributed by atoms with Gasteiger partial charge in [0.1, 0.15) is 17.5 Å². The smallest absolute Gasteiger partial charge is 0.408 e. The van der Waals surface area contributed by atoms with Crippen LogP contribution in [0.15, 0.2) is 18.2 Å². The lowest BCUT2D eigenvalue weighted by Crippen LogP contribution is -2.44. The fourth-order valence-electron chi connectivity index (χ4n) is 3.21. The van der Waals surface area contributed by atoms with Crippen molar-refractivity contribution >= 4 is 26.2 Å². The fourth-order valence-corrected chi connectivity index (χ4v) is 4.65. The van der Waals surface area contributed by atoms with Crippen molar-refractivity contribution in [3.63, 3.8) is 0 Å². The number of benzene rings is 1. The molecule has 2 amide bonds. The summed E-state index contributed by atoms with van der Waals surface area (Å²) >= 11 is 0. The van der Waals surface area contributed by atoms with Crippen molar-refractivity contribution in [2.24, 2.45) is 5.73 Å². The average Bonchev–Trinajstić information content (AvgIpc) is 2.66. The number of alkyl carbamates (subject to hydrolysis) is 1. The number of carbonyl (C=O) groups excluding carboxylic acids is 2. The number of phenolic OH excluding ortho intramolecular Hbond substituents is 1. The number of nitrogens with two attached hydrogens (primary N) is 1. The normalized spacial score (nSPS) is 15.0. The van der Waals surface area contributed by atoms with Crippen molar-refractivity contribution < 1.29 is 28.6 Å². The van der Waals surface area contributed by atoms with Crippen LogP contribution in [0.5, 0.6) is 5.75 Å². The van der Waals surface area contributed by atoms with Gasteiger partial charge in [0.05, 0.1) is 17.8 Å². The van der Waals surface area contributed by atoms with Crippen LogP contribution < -0.4 is 16.4 Å². The first kappa shape index (κ1) is 30.6. The molecule has 3 atom stereocenters. The molecule has 1 aromatic carbocycles. The molecule has 0 radical (unpaired) electrons. The number of phenols is 1. The molecular weight excluding hydrogens is 466 g/mol. The minimum atomic E-state index is -1.91. The Balaban J connectivity index is 3.00. The molecule has 5 N–H and O–H groups in total. The second-order valence-corrected chi connectivity index (χ2v) is 16.1. The van der Waals surface area contributed by atoms with E-state index in [1.807, 2.05) is 13.8 Å². The summed E-state index contributed by atoms with van der Waals surface area (Å²) in [6, 6.07) is 4.29. The third-order valence-corrected chi connectivity index (χ3v) is 10.6. The molecule has 200 valence electrons. The molecule has 9 nitrogen and oxygen atoms in total. The molecule has 0 aliphatic heterocycles. The number of nitrogens with one attached hydrogen (secondary N) is 2. The van der Waals surface area contributed by atoms with Crippen molar-refractivity contribution in [3.05, 3.63) is 23.8 Å². The molecule has 1 aromatic rings. The lowest BCUT2D eigenvalue weighted by Gasteiger charge is -2.38. The molecular formula is C25H45N3O6Si. The fraction of sp³-hybridized carbons (Fsp3) is 0.680. The summed E-state index contributed by atoms with van der Waals surface area (Å²) in [7, 11) is -1.91. The van der Waals surface area contributed by atoms with Crippen LogP contribution in [0.3, 0.4) is 0 Å². The number of hydrogen-bond donors (Lipinski definition) is 4. The Bertz CT molecular complexity index is 864. The van der Waals surface area contributed by atoms with Crippen LogP contribution in [0, 0.1) is 0 Å².